The fourth-order valence-corrected chi connectivity index (χ4v) is 1.02. The van der Waals surface area contributed by atoms with Gasteiger partial charge in [-0.25, -0.2) is 0 Å². The van der Waals surface area contributed by atoms with Crippen molar-refractivity contribution >= 4 is 11.6 Å². The van der Waals surface area contributed by atoms with Crippen LogP contribution < -0.4 is 5.32 Å². The number of rotatable bonds is 0. The Balaban J connectivity index is 2.62. The molecule has 1 aliphatic rings. The number of nitriles is 1. The maximum atomic E-state index is 8.39. The molecule has 0 amide bonds. The average Bonchev–Trinajstić information content (AvgIpc) is 1.88. The number of hydrogen-bond donors (Lipinski definition) is 1. The summed E-state index contributed by atoms with van der Waals surface area (Å²) in [6.07, 6.45) is 1.79. The van der Waals surface area contributed by atoms with Crippen LogP contribution in [0.5, 0.6) is 0 Å². The van der Waals surface area contributed by atoms with Crippen LogP contribution in [0.25, 0.3) is 0 Å². The van der Waals surface area contributed by atoms with Gasteiger partial charge < -0.3 is 5.32 Å². The third kappa shape index (κ3) is 1.70. The maximum Gasteiger partial charge on any atom is 0.0957 e. The minimum Gasteiger partial charge on any atom is -0.310 e. The van der Waals surface area contributed by atoms with Gasteiger partial charge in [-0.1, -0.05) is 6.08 Å². The summed E-state index contributed by atoms with van der Waals surface area (Å²) >= 11 is 5.70. The van der Waals surface area contributed by atoms with Crippen molar-refractivity contribution in [2.75, 3.05) is 13.1 Å². The van der Waals surface area contributed by atoms with E-state index in [9.17, 15) is 0 Å². The lowest BCUT2D eigenvalue weighted by Crippen LogP contribution is -2.29. The molecule has 0 saturated carbocycles. The van der Waals surface area contributed by atoms with Gasteiger partial charge in [0, 0.05) is 18.7 Å². The van der Waals surface area contributed by atoms with E-state index in [4.69, 9.17) is 16.9 Å². The number of nitrogens with one attached hydrogen (secondary N) is 1. The third-order valence-corrected chi connectivity index (χ3v) is 1.46. The van der Waals surface area contributed by atoms with Crippen LogP contribution >= 0.6 is 11.6 Å². The first-order valence-corrected chi connectivity index (χ1v) is 3.22. The fourth-order valence-electron chi connectivity index (χ4n) is 0.758. The van der Waals surface area contributed by atoms with Crippen molar-refractivity contribution in [3.8, 4) is 6.07 Å². The highest BCUT2D eigenvalue weighted by atomic mass is 35.5. The lowest BCUT2D eigenvalue weighted by atomic mass is 10.2. The Hall–Kier alpha value is -0.520. The first-order valence-electron chi connectivity index (χ1n) is 2.78. The summed E-state index contributed by atoms with van der Waals surface area (Å²) in [6.45, 7) is 1.44. The Morgan fingerprint density at radius 1 is 1.89 bits per heavy atom. The van der Waals surface area contributed by atoms with Crippen LogP contribution in [0.2, 0.25) is 0 Å². The summed E-state index contributed by atoms with van der Waals surface area (Å²) in [4.78, 5) is 0. The number of hydrogen-bond acceptors (Lipinski definition) is 2. The topological polar surface area (TPSA) is 35.8 Å². The van der Waals surface area contributed by atoms with Crippen LogP contribution in [0.3, 0.4) is 0 Å². The first-order chi connectivity index (χ1) is 4.33. The molecule has 3 heteroatoms. The third-order valence-electron chi connectivity index (χ3n) is 1.18. The molecular weight excluding hydrogens is 136 g/mol. The van der Waals surface area contributed by atoms with Gasteiger partial charge in [-0.2, -0.15) is 5.26 Å². The fraction of sp³-hybridized carbons (Fsp3) is 0.500. The van der Waals surface area contributed by atoms with Crippen LogP contribution in [0.15, 0.2) is 11.6 Å². The summed E-state index contributed by atoms with van der Waals surface area (Å²) in [7, 11) is 0. The van der Waals surface area contributed by atoms with Crippen molar-refractivity contribution in [1.29, 1.82) is 5.26 Å². The summed E-state index contributed by atoms with van der Waals surface area (Å²) in [5.41, 5.74) is 0.737. The van der Waals surface area contributed by atoms with Crippen molar-refractivity contribution in [3.05, 3.63) is 11.6 Å². The standard InChI is InChI=1S/C6H7ClN2/c7-6-1-5(2-8)3-9-4-6/h1,6,9H,3-4H2. The molecule has 2 nitrogen and oxygen atoms in total. The van der Waals surface area contributed by atoms with Crippen molar-refractivity contribution in [3.63, 3.8) is 0 Å². The molecule has 0 aliphatic carbocycles. The Kier molecular flexibility index (Phi) is 2.10. The monoisotopic (exact) mass is 142 g/mol. The summed E-state index contributed by atoms with van der Waals surface area (Å²) in [5.74, 6) is 0. The zero-order valence-electron chi connectivity index (χ0n) is 4.89. The predicted molar refractivity (Wildman–Crippen MR) is 36.2 cm³/mol. The number of nitrogens with zero attached hydrogens (tertiary/aromatic N) is 1. The second kappa shape index (κ2) is 2.86. The lowest BCUT2D eigenvalue weighted by molar-refractivity contribution is 0.718. The largest absolute Gasteiger partial charge is 0.310 e. The number of halogens is 1. The Labute approximate surface area is 59.1 Å². The molecule has 1 aliphatic heterocycles. The molecule has 0 aromatic rings. The lowest BCUT2D eigenvalue weighted by Gasteiger charge is -2.12. The Bertz CT molecular complexity index is 168. The van der Waals surface area contributed by atoms with Crippen LogP contribution in [-0.2, 0) is 0 Å². The molecule has 1 unspecified atom stereocenters. The normalized spacial score (nSPS) is 26.7. The average molecular weight is 143 g/mol. The van der Waals surface area contributed by atoms with Gasteiger partial charge >= 0.3 is 0 Å². The van der Waals surface area contributed by atoms with Crippen molar-refractivity contribution in [2.45, 2.75) is 5.38 Å². The summed E-state index contributed by atoms with van der Waals surface area (Å²) < 4.78 is 0. The molecule has 0 radical (unpaired) electrons. The molecule has 0 aromatic carbocycles. The molecular formula is C6H7ClN2. The molecule has 0 saturated heterocycles. The van der Waals surface area contributed by atoms with E-state index in [-0.39, 0.29) is 5.38 Å². The number of alkyl halides is 1. The molecule has 1 N–H and O–H groups in total. The van der Waals surface area contributed by atoms with E-state index >= 15 is 0 Å². The molecule has 0 bridgehead atoms. The molecule has 0 fully saturated rings. The van der Waals surface area contributed by atoms with Crippen LogP contribution in [0.1, 0.15) is 0 Å². The zero-order chi connectivity index (χ0) is 6.69. The minimum atomic E-state index is -0.00611. The van der Waals surface area contributed by atoms with Crippen LogP contribution in [-0.4, -0.2) is 18.5 Å². The predicted octanol–water partition coefficient (Wildman–Crippen LogP) is 0.647. The molecule has 48 valence electrons. The second-order valence-corrected chi connectivity index (χ2v) is 2.51. The van der Waals surface area contributed by atoms with E-state index < -0.39 is 0 Å². The van der Waals surface area contributed by atoms with Crippen molar-refractivity contribution in [2.24, 2.45) is 0 Å². The van der Waals surface area contributed by atoms with Gasteiger partial charge in [0.2, 0.25) is 0 Å². The van der Waals surface area contributed by atoms with Crippen LogP contribution in [0.4, 0.5) is 0 Å². The van der Waals surface area contributed by atoms with E-state index in [2.05, 4.69) is 5.32 Å². The van der Waals surface area contributed by atoms with E-state index in [1.165, 1.54) is 0 Å². The minimum absolute atomic E-state index is 0.00611. The second-order valence-electron chi connectivity index (χ2n) is 1.95. The smallest absolute Gasteiger partial charge is 0.0957 e. The molecule has 1 rings (SSSR count). The summed E-state index contributed by atoms with van der Waals surface area (Å²) in [6, 6.07) is 2.05. The zero-order valence-corrected chi connectivity index (χ0v) is 5.65. The molecule has 0 aromatic heterocycles. The Morgan fingerprint density at radius 2 is 2.67 bits per heavy atom. The highest BCUT2D eigenvalue weighted by molar-refractivity contribution is 6.22. The molecule has 1 heterocycles. The van der Waals surface area contributed by atoms with Crippen molar-refractivity contribution < 1.29 is 0 Å². The Morgan fingerprint density at radius 3 is 3.11 bits per heavy atom. The van der Waals surface area contributed by atoms with Gasteiger partial charge in [-0.05, 0) is 0 Å². The SMILES string of the molecule is N#CC1=CC(Cl)CNC1. The molecule has 9 heavy (non-hydrogen) atoms. The van der Waals surface area contributed by atoms with Gasteiger partial charge in [0.15, 0.2) is 0 Å². The highest BCUT2D eigenvalue weighted by Crippen LogP contribution is 2.05. The maximum absolute atomic E-state index is 8.39. The van der Waals surface area contributed by atoms with Crippen molar-refractivity contribution in [1.82, 2.24) is 5.32 Å². The first kappa shape index (κ1) is 6.60. The van der Waals surface area contributed by atoms with E-state index in [0.29, 0.717) is 6.54 Å². The van der Waals surface area contributed by atoms with Gasteiger partial charge in [0.25, 0.3) is 0 Å². The highest BCUT2D eigenvalue weighted by Gasteiger charge is 2.08. The van der Waals surface area contributed by atoms with Crippen LogP contribution in [0, 0.1) is 11.3 Å². The van der Waals surface area contributed by atoms with Gasteiger partial charge in [0.1, 0.15) is 0 Å². The van der Waals surface area contributed by atoms with E-state index in [0.717, 1.165) is 12.1 Å². The van der Waals surface area contributed by atoms with Gasteiger partial charge in [-0.3, -0.25) is 0 Å². The van der Waals surface area contributed by atoms with E-state index in [1.54, 1.807) is 6.08 Å². The van der Waals surface area contributed by atoms with Gasteiger partial charge in [0.05, 0.1) is 11.4 Å². The summed E-state index contributed by atoms with van der Waals surface area (Å²) in [5, 5.41) is 11.4. The quantitative estimate of drug-likeness (QED) is 0.504. The van der Waals surface area contributed by atoms with Gasteiger partial charge in [-0.15, -0.1) is 11.6 Å². The van der Waals surface area contributed by atoms with E-state index in [1.807, 2.05) is 6.07 Å². The molecule has 1 atom stereocenters. The molecule has 0 spiro atoms.